The van der Waals surface area contributed by atoms with Gasteiger partial charge in [0.25, 0.3) is 0 Å². The number of aromatic nitrogens is 4. The van der Waals surface area contributed by atoms with Crippen molar-refractivity contribution < 1.29 is 0 Å². The van der Waals surface area contributed by atoms with E-state index in [4.69, 9.17) is 23.8 Å². The molecule has 2 aromatic heterocycles. The predicted molar refractivity (Wildman–Crippen MR) is 48.8 cm³/mol. The van der Waals surface area contributed by atoms with Gasteiger partial charge in [0.2, 0.25) is 5.28 Å². The van der Waals surface area contributed by atoms with Gasteiger partial charge in [0.1, 0.15) is 11.3 Å². The second kappa shape index (κ2) is 2.53. The zero-order valence-electron chi connectivity index (χ0n) is 6.18. The molecule has 0 radical (unpaired) electrons. The van der Waals surface area contributed by atoms with Gasteiger partial charge in [0, 0.05) is 0 Å². The fourth-order valence-corrected chi connectivity index (χ4v) is 1.46. The van der Waals surface area contributed by atoms with E-state index in [1.165, 1.54) is 0 Å². The molecule has 0 fully saturated rings. The van der Waals surface area contributed by atoms with Gasteiger partial charge in [-0.15, -0.1) is 0 Å². The average molecular weight is 201 g/mol. The third-order valence-corrected chi connectivity index (χ3v) is 1.93. The van der Waals surface area contributed by atoms with Crippen molar-refractivity contribution in [2.45, 2.75) is 6.92 Å². The van der Waals surface area contributed by atoms with E-state index < -0.39 is 0 Å². The maximum Gasteiger partial charge on any atom is 0.202 e. The highest BCUT2D eigenvalue weighted by atomic mass is 35.5. The molecule has 2 rings (SSSR count). The van der Waals surface area contributed by atoms with Crippen LogP contribution in [0, 0.1) is 11.6 Å². The van der Waals surface area contributed by atoms with Gasteiger partial charge in [-0.2, -0.15) is 4.98 Å². The van der Waals surface area contributed by atoms with Crippen LogP contribution in [0.3, 0.4) is 0 Å². The van der Waals surface area contributed by atoms with Crippen LogP contribution in [-0.2, 0) is 0 Å². The van der Waals surface area contributed by atoms with Gasteiger partial charge >= 0.3 is 0 Å². The summed E-state index contributed by atoms with van der Waals surface area (Å²) in [6, 6.07) is 0. The third kappa shape index (κ3) is 1.11. The Bertz CT molecular complexity index is 486. The van der Waals surface area contributed by atoms with Crippen LogP contribution in [0.25, 0.3) is 11.2 Å². The summed E-state index contributed by atoms with van der Waals surface area (Å²) in [5, 5.41) is 0.319. The minimum Gasteiger partial charge on any atom is -0.327 e. The van der Waals surface area contributed by atoms with Crippen molar-refractivity contribution in [1.29, 1.82) is 0 Å². The standard InChI is InChI=1S/C6H5ClN4S/c1-2-8-4-3(5(12)9-2)10-6(7)11-4/h1H3,(H2,8,9,10,11,12). The number of H-pyrrole nitrogens is 2. The summed E-state index contributed by atoms with van der Waals surface area (Å²) in [5.41, 5.74) is 1.33. The van der Waals surface area contributed by atoms with Gasteiger partial charge in [-0.25, -0.2) is 4.98 Å². The molecule has 6 heteroatoms. The Morgan fingerprint density at radius 2 is 2.08 bits per heavy atom. The second-order valence-corrected chi connectivity index (χ2v) is 3.12. The number of hydrogen-bond donors (Lipinski definition) is 2. The summed E-state index contributed by atoms with van der Waals surface area (Å²) in [7, 11) is 0. The van der Waals surface area contributed by atoms with Crippen molar-refractivity contribution in [3.05, 3.63) is 15.7 Å². The summed E-state index contributed by atoms with van der Waals surface area (Å²) >= 11 is 10.6. The number of rotatable bonds is 0. The molecule has 0 bridgehead atoms. The van der Waals surface area contributed by atoms with Crippen molar-refractivity contribution in [2.24, 2.45) is 0 Å². The van der Waals surface area contributed by atoms with E-state index in [9.17, 15) is 0 Å². The maximum absolute atomic E-state index is 5.65. The van der Waals surface area contributed by atoms with E-state index in [-0.39, 0.29) is 0 Å². The van der Waals surface area contributed by atoms with Crippen LogP contribution in [0.1, 0.15) is 5.82 Å². The van der Waals surface area contributed by atoms with Gasteiger partial charge in [-0.3, -0.25) is 0 Å². The lowest BCUT2D eigenvalue weighted by molar-refractivity contribution is 1.07. The van der Waals surface area contributed by atoms with Crippen LogP contribution in [-0.4, -0.2) is 19.9 Å². The van der Waals surface area contributed by atoms with Crippen LogP contribution in [0.2, 0.25) is 5.28 Å². The lowest BCUT2D eigenvalue weighted by Gasteiger charge is -1.91. The predicted octanol–water partition coefficient (Wildman–Crippen LogP) is 1.98. The third-order valence-electron chi connectivity index (χ3n) is 1.46. The minimum atomic E-state index is 0.319. The SMILES string of the molecule is Cc1nc(=S)c2[nH]c(Cl)nc2[nH]1. The molecule has 0 atom stereocenters. The number of hydrogen-bond acceptors (Lipinski definition) is 3. The molecule has 0 aliphatic carbocycles. The first-order valence-corrected chi connectivity index (χ1v) is 4.07. The van der Waals surface area contributed by atoms with Gasteiger partial charge in [0.15, 0.2) is 10.3 Å². The molecular weight excluding hydrogens is 196 g/mol. The first-order chi connectivity index (χ1) is 5.66. The Hall–Kier alpha value is -0.940. The van der Waals surface area contributed by atoms with Gasteiger partial charge in [-0.05, 0) is 18.5 Å². The molecule has 4 nitrogen and oxygen atoms in total. The summed E-state index contributed by atoms with van der Waals surface area (Å²) in [5.74, 6) is 0.732. The highest BCUT2D eigenvalue weighted by Crippen LogP contribution is 2.12. The largest absolute Gasteiger partial charge is 0.327 e. The molecule has 0 spiro atoms. The van der Waals surface area contributed by atoms with Crippen molar-refractivity contribution in [3.63, 3.8) is 0 Å². The Morgan fingerprint density at radius 1 is 1.33 bits per heavy atom. The molecule has 2 N–H and O–H groups in total. The van der Waals surface area contributed by atoms with Crippen LogP contribution in [0.4, 0.5) is 0 Å². The first kappa shape index (κ1) is 7.70. The Balaban J connectivity index is 2.98. The highest BCUT2D eigenvalue weighted by molar-refractivity contribution is 7.71. The fraction of sp³-hybridized carbons (Fsp3) is 0.167. The molecule has 0 unspecified atom stereocenters. The maximum atomic E-state index is 5.65. The number of halogens is 1. The molecule has 0 saturated heterocycles. The van der Waals surface area contributed by atoms with E-state index in [2.05, 4.69) is 19.9 Å². The molecule has 2 heterocycles. The van der Waals surface area contributed by atoms with Crippen molar-refractivity contribution in [2.75, 3.05) is 0 Å². The van der Waals surface area contributed by atoms with E-state index in [0.717, 1.165) is 5.82 Å². The zero-order valence-corrected chi connectivity index (χ0v) is 7.75. The van der Waals surface area contributed by atoms with E-state index >= 15 is 0 Å². The molecule has 0 aliphatic rings. The summed E-state index contributed by atoms with van der Waals surface area (Å²) in [4.78, 5) is 13.8. The topological polar surface area (TPSA) is 57.4 Å². The van der Waals surface area contributed by atoms with E-state index in [1.54, 1.807) is 0 Å². The van der Waals surface area contributed by atoms with Gasteiger partial charge in [-0.1, -0.05) is 12.2 Å². The first-order valence-electron chi connectivity index (χ1n) is 3.29. The average Bonchev–Trinajstić information content (AvgIpc) is 2.29. The number of fused-ring (bicyclic) bond motifs is 1. The van der Waals surface area contributed by atoms with Crippen LogP contribution < -0.4 is 0 Å². The van der Waals surface area contributed by atoms with E-state index in [1.807, 2.05) is 6.92 Å². The highest BCUT2D eigenvalue weighted by Gasteiger charge is 2.02. The molecule has 12 heavy (non-hydrogen) atoms. The number of nitrogens with one attached hydrogen (secondary N) is 2. The molecular formula is C6H5ClN4S. The van der Waals surface area contributed by atoms with Crippen LogP contribution >= 0.6 is 23.8 Å². The van der Waals surface area contributed by atoms with Crippen molar-refractivity contribution in [1.82, 2.24) is 19.9 Å². The number of imidazole rings is 1. The summed E-state index contributed by atoms with van der Waals surface area (Å²) < 4.78 is 0.487. The Morgan fingerprint density at radius 3 is 2.83 bits per heavy atom. The van der Waals surface area contributed by atoms with Gasteiger partial charge in [0.05, 0.1) is 0 Å². The van der Waals surface area contributed by atoms with Crippen LogP contribution in [0.5, 0.6) is 0 Å². The zero-order chi connectivity index (χ0) is 8.72. The number of aryl methyl sites for hydroxylation is 1. The summed E-state index contributed by atoms with van der Waals surface area (Å²) in [6.45, 7) is 1.82. The van der Waals surface area contributed by atoms with Gasteiger partial charge < -0.3 is 9.97 Å². The number of nitrogens with zero attached hydrogens (tertiary/aromatic N) is 2. The molecule has 0 amide bonds. The Labute approximate surface area is 78.0 Å². The lowest BCUT2D eigenvalue weighted by Crippen LogP contribution is -1.88. The minimum absolute atomic E-state index is 0.319. The monoisotopic (exact) mass is 200 g/mol. The molecule has 0 aromatic carbocycles. The number of aromatic amines is 2. The van der Waals surface area contributed by atoms with Crippen molar-refractivity contribution >= 4 is 35.0 Å². The van der Waals surface area contributed by atoms with Crippen molar-refractivity contribution in [3.8, 4) is 0 Å². The lowest BCUT2D eigenvalue weighted by atomic mass is 10.5. The Kier molecular flexibility index (Phi) is 1.62. The molecule has 0 saturated carbocycles. The molecule has 0 aliphatic heterocycles. The fourth-order valence-electron chi connectivity index (χ4n) is 0.997. The summed E-state index contributed by atoms with van der Waals surface area (Å²) in [6.07, 6.45) is 0. The quantitative estimate of drug-likeness (QED) is 0.505. The van der Waals surface area contributed by atoms with Crippen LogP contribution in [0.15, 0.2) is 0 Å². The van der Waals surface area contributed by atoms with E-state index in [0.29, 0.717) is 21.1 Å². The second-order valence-electron chi connectivity index (χ2n) is 2.38. The normalized spacial score (nSPS) is 10.8. The molecule has 62 valence electrons. The molecule has 2 aromatic rings. The smallest absolute Gasteiger partial charge is 0.202 e.